The fourth-order valence-electron chi connectivity index (χ4n) is 2.67. The summed E-state index contributed by atoms with van der Waals surface area (Å²) in [5.74, 6) is 0.840. The van der Waals surface area contributed by atoms with Crippen LogP contribution in [0.25, 0.3) is 0 Å². The van der Waals surface area contributed by atoms with Gasteiger partial charge in [0.15, 0.2) is 0 Å². The highest BCUT2D eigenvalue weighted by atomic mass is 14.6. The second-order valence-electron chi connectivity index (χ2n) is 5.70. The molecule has 0 unspecified atom stereocenters. The molecule has 0 aromatic rings. The normalized spacial score (nSPS) is 19.3. The lowest BCUT2D eigenvalue weighted by atomic mass is 9.89. The summed E-state index contributed by atoms with van der Waals surface area (Å²) in [6.07, 6.45) is 20.5. The Bertz CT molecular complexity index is 317. The van der Waals surface area contributed by atoms with Crippen molar-refractivity contribution < 1.29 is 0 Å². The van der Waals surface area contributed by atoms with Crippen LogP contribution in [0.2, 0.25) is 0 Å². The van der Waals surface area contributed by atoms with Crippen molar-refractivity contribution in [3.05, 3.63) is 35.6 Å². The molecule has 1 saturated carbocycles. The Labute approximate surface area is 119 Å². The third kappa shape index (κ3) is 7.25. The van der Waals surface area contributed by atoms with Gasteiger partial charge in [0.05, 0.1) is 0 Å². The monoisotopic (exact) mass is 261 g/mol. The van der Waals surface area contributed by atoms with E-state index < -0.39 is 0 Å². The van der Waals surface area contributed by atoms with Crippen LogP contribution in [0.5, 0.6) is 0 Å². The summed E-state index contributed by atoms with van der Waals surface area (Å²) in [5, 5.41) is 0. The molecule has 2 N–H and O–H groups in total. The Morgan fingerprint density at radius 1 is 1.11 bits per heavy atom. The van der Waals surface area contributed by atoms with Gasteiger partial charge in [-0.25, -0.2) is 0 Å². The maximum Gasteiger partial charge on any atom is 0.00803 e. The van der Waals surface area contributed by atoms with Crippen molar-refractivity contribution in [2.75, 3.05) is 0 Å². The third-order valence-electron chi connectivity index (χ3n) is 3.96. The highest BCUT2D eigenvalue weighted by Crippen LogP contribution is 2.25. The molecule has 19 heavy (non-hydrogen) atoms. The van der Waals surface area contributed by atoms with Gasteiger partial charge in [-0.3, -0.25) is 0 Å². The second-order valence-corrected chi connectivity index (χ2v) is 5.70. The smallest absolute Gasteiger partial charge is 0.00803 e. The lowest BCUT2D eigenvalue weighted by Crippen LogP contribution is -2.02. The molecule has 1 rings (SSSR count). The molecule has 0 atom stereocenters. The molecular formula is C18H31N. The summed E-state index contributed by atoms with van der Waals surface area (Å²) in [7, 11) is 0. The first-order valence-electron chi connectivity index (χ1n) is 8.07. The maximum atomic E-state index is 5.93. The standard InChI is InChI=1S/C18H31N/c1-3-9-18(19)15-14-16(4-2)12-8-13-17-10-6-5-7-11-17/h8,13-15,17H,3-7,9-12,19H2,1-2H3/b13-8+,16-14-,18-15-. The van der Waals surface area contributed by atoms with Crippen molar-refractivity contribution in [2.45, 2.75) is 71.6 Å². The van der Waals surface area contributed by atoms with E-state index in [-0.39, 0.29) is 0 Å². The Kier molecular flexibility index (Phi) is 8.36. The summed E-state index contributed by atoms with van der Waals surface area (Å²) < 4.78 is 0. The first-order valence-corrected chi connectivity index (χ1v) is 8.07. The molecule has 1 aliphatic rings. The molecule has 0 saturated heterocycles. The van der Waals surface area contributed by atoms with Crippen molar-refractivity contribution in [1.82, 2.24) is 0 Å². The van der Waals surface area contributed by atoms with Crippen molar-refractivity contribution in [2.24, 2.45) is 11.7 Å². The van der Waals surface area contributed by atoms with Gasteiger partial charge in [0.1, 0.15) is 0 Å². The van der Waals surface area contributed by atoms with Gasteiger partial charge in [0, 0.05) is 5.70 Å². The highest BCUT2D eigenvalue weighted by molar-refractivity contribution is 5.18. The van der Waals surface area contributed by atoms with Gasteiger partial charge < -0.3 is 5.73 Å². The maximum absolute atomic E-state index is 5.93. The third-order valence-corrected chi connectivity index (χ3v) is 3.96. The van der Waals surface area contributed by atoms with Crippen molar-refractivity contribution >= 4 is 0 Å². The Morgan fingerprint density at radius 2 is 1.84 bits per heavy atom. The largest absolute Gasteiger partial charge is 0.402 e. The fraction of sp³-hybridized carbons (Fsp3) is 0.667. The number of hydrogen-bond acceptors (Lipinski definition) is 1. The lowest BCUT2D eigenvalue weighted by molar-refractivity contribution is 0.419. The van der Waals surface area contributed by atoms with Crippen molar-refractivity contribution in [3.63, 3.8) is 0 Å². The van der Waals surface area contributed by atoms with Gasteiger partial charge in [0.2, 0.25) is 0 Å². The summed E-state index contributed by atoms with van der Waals surface area (Å²) in [6, 6.07) is 0. The van der Waals surface area contributed by atoms with E-state index in [9.17, 15) is 0 Å². The quantitative estimate of drug-likeness (QED) is 0.476. The van der Waals surface area contributed by atoms with E-state index in [0.29, 0.717) is 0 Å². The highest BCUT2D eigenvalue weighted by Gasteiger charge is 2.09. The number of rotatable bonds is 7. The van der Waals surface area contributed by atoms with Crippen LogP contribution in [0.4, 0.5) is 0 Å². The van der Waals surface area contributed by atoms with Crippen LogP contribution in [0.3, 0.4) is 0 Å². The van der Waals surface area contributed by atoms with E-state index in [1.807, 2.05) is 0 Å². The zero-order valence-corrected chi connectivity index (χ0v) is 12.8. The molecule has 0 spiro atoms. The van der Waals surface area contributed by atoms with Gasteiger partial charge in [-0.2, -0.15) is 0 Å². The van der Waals surface area contributed by atoms with Gasteiger partial charge in [-0.15, -0.1) is 0 Å². The van der Waals surface area contributed by atoms with E-state index in [2.05, 4.69) is 38.2 Å². The van der Waals surface area contributed by atoms with Gasteiger partial charge >= 0.3 is 0 Å². The summed E-state index contributed by atoms with van der Waals surface area (Å²) in [4.78, 5) is 0. The fourth-order valence-corrected chi connectivity index (χ4v) is 2.67. The molecular weight excluding hydrogens is 230 g/mol. The molecule has 1 aliphatic carbocycles. The molecule has 0 amide bonds. The SMILES string of the molecule is CCC/C(N)=C/C=C(/CC)C/C=C/C1CCCCC1. The first-order chi connectivity index (χ1) is 9.26. The van der Waals surface area contributed by atoms with Gasteiger partial charge in [-0.1, -0.05) is 63.3 Å². The van der Waals surface area contributed by atoms with Crippen LogP contribution in [0.1, 0.15) is 71.6 Å². The Balaban J connectivity index is 2.40. The Hall–Kier alpha value is -0.980. The van der Waals surface area contributed by atoms with Gasteiger partial charge in [0.25, 0.3) is 0 Å². The molecule has 0 aromatic heterocycles. The molecule has 1 nitrogen and oxygen atoms in total. The minimum atomic E-state index is 0.840. The summed E-state index contributed by atoms with van der Waals surface area (Å²) in [5.41, 5.74) is 8.41. The average molecular weight is 261 g/mol. The number of hydrogen-bond donors (Lipinski definition) is 1. The predicted molar refractivity (Wildman–Crippen MR) is 85.9 cm³/mol. The molecule has 0 bridgehead atoms. The van der Waals surface area contributed by atoms with Crippen LogP contribution < -0.4 is 5.73 Å². The van der Waals surface area contributed by atoms with E-state index >= 15 is 0 Å². The molecule has 1 fully saturated rings. The zero-order valence-electron chi connectivity index (χ0n) is 12.8. The zero-order chi connectivity index (χ0) is 13.9. The van der Waals surface area contributed by atoms with Crippen molar-refractivity contribution in [1.29, 1.82) is 0 Å². The molecule has 1 heteroatoms. The molecule has 0 aliphatic heterocycles. The average Bonchev–Trinajstić information content (AvgIpc) is 2.44. The van der Waals surface area contributed by atoms with Crippen LogP contribution in [-0.4, -0.2) is 0 Å². The van der Waals surface area contributed by atoms with E-state index in [0.717, 1.165) is 37.3 Å². The van der Waals surface area contributed by atoms with E-state index in [1.165, 1.54) is 37.7 Å². The van der Waals surface area contributed by atoms with Gasteiger partial charge in [-0.05, 0) is 44.1 Å². The molecule has 0 radical (unpaired) electrons. The molecule has 0 aromatic carbocycles. The Morgan fingerprint density at radius 3 is 2.47 bits per heavy atom. The van der Waals surface area contributed by atoms with E-state index in [4.69, 9.17) is 5.73 Å². The van der Waals surface area contributed by atoms with E-state index in [1.54, 1.807) is 0 Å². The van der Waals surface area contributed by atoms with Crippen LogP contribution in [-0.2, 0) is 0 Å². The van der Waals surface area contributed by atoms with Crippen LogP contribution in [0.15, 0.2) is 35.6 Å². The summed E-state index contributed by atoms with van der Waals surface area (Å²) >= 11 is 0. The van der Waals surface area contributed by atoms with Crippen LogP contribution in [0, 0.1) is 5.92 Å². The summed E-state index contributed by atoms with van der Waals surface area (Å²) in [6.45, 7) is 4.39. The minimum Gasteiger partial charge on any atom is -0.402 e. The second kappa shape index (κ2) is 9.89. The molecule has 108 valence electrons. The van der Waals surface area contributed by atoms with Crippen molar-refractivity contribution in [3.8, 4) is 0 Å². The lowest BCUT2D eigenvalue weighted by Gasteiger charge is -2.17. The molecule has 0 heterocycles. The first kappa shape index (κ1) is 16.1. The van der Waals surface area contributed by atoms with Crippen LogP contribution >= 0.6 is 0 Å². The predicted octanol–water partition coefficient (Wildman–Crippen LogP) is 5.49. The number of allylic oxidation sites excluding steroid dienone is 6. The number of nitrogens with two attached hydrogens (primary N) is 1. The minimum absolute atomic E-state index is 0.840. The topological polar surface area (TPSA) is 26.0 Å².